The molecule has 2 aromatic rings. The van der Waals surface area contributed by atoms with Crippen molar-refractivity contribution in [2.45, 2.75) is 39.8 Å². The van der Waals surface area contributed by atoms with Crippen molar-refractivity contribution in [2.75, 3.05) is 37.7 Å². The molecule has 170 valence electrons. The Morgan fingerprint density at radius 1 is 1.23 bits per heavy atom. The number of esters is 1. The number of carbonyl (C=O) groups is 3. The van der Waals surface area contributed by atoms with Crippen molar-refractivity contribution in [1.29, 1.82) is 0 Å². The highest BCUT2D eigenvalue weighted by molar-refractivity contribution is 5.86. The van der Waals surface area contributed by atoms with E-state index in [4.69, 9.17) is 20.9 Å². The number of nitrogens with two attached hydrogens (primary N) is 2. The first kappa shape index (κ1) is 23.6. The van der Waals surface area contributed by atoms with Crippen LogP contribution in [0, 0.1) is 0 Å². The summed E-state index contributed by atoms with van der Waals surface area (Å²) < 4.78 is 11.5. The molecule has 0 saturated carbocycles. The lowest BCUT2D eigenvalue weighted by Gasteiger charge is -2.23. The van der Waals surface area contributed by atoms with Crippen LogP contribution in [0.3, 0.4) is 0 Å². The van der Waals surface area contributed by atoms with Gasteiger partial charge in [-0.15, -0.1) is 0 Å². The van der Waals surface area contributed by atoms with Crippen LogP contribution in [0.4, 0.5) is 16.6 Å². The van der Waals surface area contributed by atoms with Crippen LogP contribution in [-0.2, 0) is 25.6 Å². The fourth-order valence-electron chi connectivity index (χ4n) is 2.61. The van der Waals surface area contributed by atoms with E-state index in [1.807, 2.05) is 0 Å². The molecule has 0 fully saturated rings. The molecule has 2 amide bonds. The average Bonchev–Trinajstić information content (AvgIpc) is 3.02. The van der Waals surface area contributed by atoms with Gasteiger partial charge in [0, 0.05) is 13.1 Å². The Bertz CT molecular complexity index is 952. The van der Waals surface area contributed by atoms with Crippen LogP contribution >= 0.6 is 0 Å². The van der Waals surface area contributed by atoms with Gasteiger partial charge in [0.2, 0.25) is 11.9 Å². The molecule has 5 N–H and O–H groups in total. The Hall–Kier alpha value is -3.64. The largest absolute Gasteiger partial charge is 0.465 e. The number of imidazole rings is 1. The van der Waals surface area contributed by atoms with Gasteiger partial charge in [0.25, 0.3) is 0 Å². The second kappa shape index (κ2) is 9.91. The zero-order valence-electron chi connectivity index (χ0n) is 18.0. The van der Waals surface area contributed by atoms with Crippen LogP contribution in [0.1, 0.15) is 27.7 Å². The Balaban J connectivity index is 2.09. The Labute approximate surface area is 179 Å². The topological polar surface area (TPSA) is 181 Å². The van der Waals surface area contributed by atoms with E-state index < -0.39 is 23.6 Å². The number of nitrogens with zero attached hydrogens (tertiary/aromatic N) is 5. The smallest absolute Gasteiger partial charge is 0.407 e. The van der Waals surface area contributed by atoms with Gasteiger partial charge in [0.05, 0.1) is 12.9 Å². The number of nitrogen functional groups attached to an aromatic ring is 2. The van der Waals surface area contributed by atoms with E-state index >= 15 is 0 Å². The first-order chi connectivity index (χ1) is 14.5. The third-order valence-electron chi connectivity index (χ3n) is 3.84. The summed E-state index contributed by atoms with van der Waals surface area (Å²) >= 11 is 0. The summed E-state index contributed by atoms with van der Waals surface area (Å²) in [6.45, 7) is 6.73. The van der Waals surface area contributed by atoms with E-state index in [1.165, 1.54) is 15.8 Å². The van der Waals surface area contributed by atoms with Gasteiger partial charge in [-0.3, -0.25) is 9.59 Å². The van der Waals surface area contributed by atoms with Crippen molar-refractivity contribution >= 4 is 40.9 Å². The number of hydrogen-bond donors (Lipinski definition) is 3. The number of fused-ring (bicyclic) bond motifs is 1. The van der Waals surface area contributed by atoms with Gasteiger partial charge in [-0.05, 0) is 27.7 Å². The summed E-state index contributed by atoms with van der Waals surface area (Å²) in [4.78, 5) is 49.9. The van der Waals surface area contributed by atoms with Crippen molar-refractivity contribution in [1.82, 2.24) is 29.7 Å². The minimum absolute atomic E-state index is 0.0517. The van der Waals surface area contributed by atoms with Gasteiger partial charge in [-0.2, -0.15) is 9.97 Å². The van der Waals surface area contributed by atoms with Gasteiger partial charge >= 0.3 is 12.1 Å². The molecular formula is C18H28N8O5. The number of aromatic nitrogens is 4. The molecule has 0 bridgehead atoms. The van der Waals surface area contributed by atoms with E-state index in [1.54, 1.807) is 27.7 Å². The average molecular weight is 436 g/mol. The Morgan fingerprint density at radius 3 is 2.58 bits per heavy atom. The molecule has 2 aromatic heterocycles. The lowest BCUT2D eigenvalue weighted by molar-refractivity contribution is -0.149. The van der Waals surface area contributed by atoms with E-state index in [-0.39, 0.29) is 44.6 Å². The molecule has 0 aliphatic rings. The maximum Gasteiger partial charge on any atom is 0.407 e. The molecule has 2 rings (SSSR count). The number of carbonyl (C=O) groups excluding carboxylic acids is 3. The zero-order chi connectivity index (χ0) is 23.2. The predicted octanol–water partition coefficient (Wildman–Crippen LogP) is -0.0929. The number of alkyl carbamates (subject to hydrolysis) is 1. The molecular weight excluding hydrogens is 408 g/mol. The molecule has 0 aliphatic heterocycles. The SMILES string of the molecule is CCOC(=O)CN(CCNC(=O)OC(C)(C)C)C(=O)Cn1cnc2c(N)nc(N)nc21. The van der Waals surface area contributed by atoms with E-state index in [0.29, 0.717) is 11.2 Å². The second-order valence-corrected chi connectivity index (χ2v) is 7.56. The number of rotatable bonds is 8. The highest BCUT2D eigenvalue weighted by Gasteiger charge is 2.21. The van der Waals surface area contributed by atoms with E-state index in [0.717, 1.165) is 0 Å². The number of anilines is 2. The van der Waals surface area contributed by atoms with Crippen molar-refractivity contribution in [3.63, 3.8) is 0 Å². The van der Waals surface area contributed by atoms with Gasteiger partial charge in [-0.25, -0.2) is 9.78 Å². The quantitative estimate of drug-likeness (QED) is 0.473. The number of amides is 2. The van der Waals surface area contributed by atoms with Crippen molar-refractivity contribution in [2.24, 2.45) is 0 Å². The Kier molecular flexibility index (Phi) is 7.56. The van der Waals surface area contributed by atoms with Crippen LogP contribution in [0.25, 0.3) is 11.2 Å². The fraction of sp³-hybridized carbons (Fsp3) is 0.556. The van der Waals surface area contributed by atoms with Gasteiger partial charge < -0.3 is 35.7 Å². The lowest BCUT2D eigenvalue weighted by Crippen LogP contribution is -2.44. The summed E-state index contributed by atoms with van der Waals surface area (Å²) in [6, 6.07) is 0. The maximum absolute atomic E-state index is 12.9. The minimum atomic E-state index is -0.654. The molecule has 0 aliphatic carbocycles. The van der Waals surface area contributed by atoms with Gasteiger partial charge in [0.1, 0.15) is 24.2 Å². The van der Waals surface area contributed by atoms with Crippen molar-refractivity contribution in [3.05, 3.63) is 6.33 Å². The molecule has 0 aromatic carbocycles. The number of hydrogen-bond acceptors (Lipinski definition) is 10. The van der Waals surface area contributed by atoms with Crippen LogP contribution in [0.2, 0.25) is 0 Å². The van der Waals surface area contributed by atoms with Crippen molar-refractivity contribution in [3.8, 4) is 0 Å². The third-order valence-corrected chi connectivity index (χ3v) is 3.84. The molecule has 2 heterocycles. The standard InChI is InChI=1S/C18H28N8O5/c1-5-30-12(28)9-25(7-6-21-17(29)31-18(2,3)4)11(27)8-26-10-22-13-14(19)23-16(20)24-15(13)26/h10H,5-9H2,1-4H3,(H,21,29)(H4,19,20,23,24). The molecule has 0 saturated heterocycles. The van der Waals surface area contributed by atoms with Gasteiger partial charge in [0.15, 0.2) is 11.5 Å². The third kappa shape index (κ3) is 6.97. The summed E-state index contributed by atoms with van der Waals surface area (Å²) in [5.41, 5.74) is 11.4. The lowest BCUT2D eigenvalue weighted by atomic mass is 10.2. The van der Waals surface area contributed by atoms with Crippen LogP contribution in [0.15, 0.2) is 6.33 Å². The fourth-order valence-corrected chi connectivity index (χ4v) is 2.61. The molecule has 0 radical (unpaired) electrons. The van der Waals surface area contributed by atoms with Crippen LogP contribution < -0.4 is 16.8 Å². The second-order valence-electron chi connectivity index (χ2n) is 7.56. The minimum Gasteiger partial charge on any atom is -0.465 e. The normalized spacial score (nSPS) is 11.2. The van der Waals surface area contributed by atoms with E-state index in [9.17, 15) is 14.4 Å². The number of nitrogens with one attached hydrogen (secondary N) is 1. The summed E-state index contributed by atoms with van der Waals surface area (Å²) in [7, 11) is 0. The molecule has 0 atom stereocenters. The van der Waals surface area contributed by atoms with Gasteiger partial charge in [-0.1, -0.05) is 0 Å². The first-order valence-electron chi connectivity index (χ1n) is 9.64. The highest BCUT2D eigenvalue weighted by Crippen LogP contribution is 2.17. The monoisotopic (exact) mass is 436 g/mol. The summed E-state index contributed by atoms with van der Waals surface area (Å²) in [5, 5.41) is 2.55. The predicted molar refractivity (Wildman–Crippen MR) is 112 cm³/mol. The maximum atomic E-state index is 12.9. The number of ether oxygens (including phenoxy) is 2. The Morgan fingerprint density at radius 2 is 1.94 bits per heavy atom. The summed E-state index contributed by atoms with van der Waals surface area (Å²) in [5.74, 6) is -0.948. The first-order valence-corrected chi connectivity index (χ1v) is 9.64. The zero-order valence-corrected chi connectivity index (χ0v) is 18.0. The summed E-state index contributed by atoms with van der Waals surface area (Å²) in [6.07, 6.45) is 0.758. The molecule has 0 spiro atoms. The molecule has 13 nitrogen and oxygen atoms in total. The van der Waals surface area contributed by atoms with E-state index in [2.05, 4.69) is 20.3 Å². The van der Waals surface area contributed by atoms with Crippen molar-refractivity contribution < 1.29 is 23.9 Å². The van der Waals surface area contributed by atoms with Crippen LogP contribution in [0.5, 0.6) is 0 Å². The molecule has 0 unspecified atom stereocenters. The molecule has 31 heavy (non-hydrogen) atoms. The molecule has 13 heteroatoms. The van der Waals surface area contributed by atoms with Crippen LogP contribution in [-0.4, -0.2) is 74.2 Å². The highest BCUT2D eigenvalue weighted by atomic mass is 16.6.